The number of rotatable bonds is 8. The number of aliphatic hydroxyl groups is 1. The monoisotopic (exact) mass is 388 g/mol. The van der Waals surface area contributed by atoms with Crippen molar-refractivity contribution in [1.29, 1.82) is 0 Å². The van der Waals surface area contributed by atoms with E-state index in [4.69, 9.17) is 4.74 Å². The number of carbonyl (C=O) groups is 2. The summed E-state index contributed by atoms with van der Waals surface area (Å²) < 4.78 is 5.85. The molecule has 0 aromatic heterocycles. The quantitative estimate of drug-likeness (QED) is 0.695. The van der Waals surface area contributed by atoms with E-state index in [1.807, 2.05) is 23.1 Å². The maximum atomic E-state index is 12.6. The zero-order valence-corrected chi connectivity index (χ0v) is 16.9. The highest BCUT2D eigenvalue weighted by Gasteiger charge is 2.24. The van der Waals surface area contributed by atoms with Crippen LogP contribution in [0.1, 0.15) is 56.9 Å². The lowest BCUT2D eigenvalue weighted by Gasteiger charge is -2.34. The van der Waals surface area contributed by atoms with E-state index >= 15 is 0 Å². The normalized spacial score (nSPS) is 17.4. The van der Waals surface area contributed by atoms with Crippen molar-refractivity contribution in [2.75, 3.05) is 31.7 Å². The Morgan fingerprint density at radius 1 is 1.25 bits per heavy atom. The number of ether oxygens (including phenoxy) is 1. The lowest BCUT2D eigenvalue weighted by Crippen LogP contribution is -2.43. The van der Waals surface area contributed by atoms with Crippen LogP contribution in [0, 0.1) is 0 Å². The number of fused-ring (bicyclic) bond motifs is 1. The van der Waals surface area contributed by atoms with Crippen LogP contribution in [0.2, 0.25) is 0 Å². The van der Waals surface area contributed by atoms with Gasteiger partial charge in [-0.1, -0.05) is 19.3 Å². The predicted molar refractivity (Wildman–Crippen MR) is 109 cm³/mol. The van der Waals surface area contributed by atoms with E-state index in [1.54, 1.807) is 11.9 Å². The van der Waals surface area contributed by atoms with Gasteiger partial charge in [0, 0.05) is 38.2 Å². The molecule has 0 radical (unpaired) electrons. The highest BCUT2D eigenvalue weighted by molar-refractivity contribution is 5.95. The van der Waals surface area contributed by atoms with E-state index < -0.39 is 0 Å². The molecule has 2 aliphatic rings. The third-order valence-corrected chi connectivity index (χ3v) is 5.88. The SMILES string of the molecule is CN1C(=O)CCc2cc(OCCCC(=O)N(CCO)C3CCCCC3)ccc21. The smallest absolute Gasteiger partial charge is 0.227 e. The van der Waals surface area contributed by atoms with Gasteiger partial charge in [-0.15, -0.1) is 0 Å². The molecule has 1 aromatic carbocycles. The molecule has 0 unspecified atom stereocenters. The van der Waals surface area contributed by atoms with Gasteiger partial charge in [-0.25, -0.2) is 0 Å². The lowest BCUT2D eigenvalue weighted by atomic mass is 9.94. The predicted octanol–water partition coefficient (Wildman–Crippen LogP) is 2.91. The highest BCUT2D eigenvalue weighted by Crippen LogP contribution is 2.30. The molecule has 1 saturated carbocycles. The van der Waals surface area contributed by atoms with E-state index in [2.05, 4.69) is 0 Å². The Hall–Kier alpha value is -2.08. The summed E-state index contributed by atoms with van der Waals surface area (Å²) in [5.41, 5.74) is 2.08. The van der Waals surface area contributed by atoms with Crippen molar-refractivity contribution >= 4 is 17.5 Å². The second kappa shape index (κ2) is 9.92. The molecule has 6 heteroatoms. The van der Waals surface area contributed by atoms with Gasteiger partial charge in [0.1, 0.15) is 5.75 Å². The molecule has 1 heterocycles. The first-order chi connectivity index (χ1) is 13.6. The van der Waals surface area contributed by atoms with E-state index in [9.17, 15) is 14.7 Å². The van der Waals surface area contributed by atoms with Crippen molar-refractivity contribution in [2.24, 2.45) is 0 Å². The summed E-state index contributed by atoms with van der Waals surface area (Å²) in [6.45, 7) is 0.934. The van der Waals surface area contributed by atoms with Crippen molar-refractivity contribution < 1.29 is 19.4 Å². The van der Waals surface area contributed by atoms with Crippen molar-refractivity contribution in [2.45, 2.75) is 63.8 Å². The van der Waals surface area contributed by atoms with E-state index in [0.29, 0.717) is 32.4 Å². The number of benzene rings is 1. The zero-order chi connectivity index (χ0) is 19.9. The van der Waals surface area contributed by atoms with Gasteiger partial charge in [0.05, 0.1) is 13.2 Å². The molecule has 6 nitrogen and oxygen atoms in total. The summed E-state index contributed by atoms with van der Waals surface area (Å²) >= 11 is 0. The van der Waals surface area contributed by atoms with E-state index in [1.165, 1.54) is 19.3 Å². The van der Waals surface area contributed by atoms with Crippen LogP contribution in [0.3, 0.4) is 0 Å². The molecule has 1 aliphatic carbocycles. The minimum atomic E-state index is 0.0187. The molecule has 0 bridgehead atoms. The number of aliphatic hydroxyl groups excluding tert-OH is 1. The first-order valence-electron chi connectivity index (χ1n) is 10.5. The molecule has 28 heavy (non-hydrogen) atoms. The number of amides is 2. The van der Waals surface area contributed by atoms with Gasteiger partial charge in [0.2, 0.25) is 11.8 Å². The number of carbonyl (C=O) groups excluding carboxylic acids is 2. The van der Waals surface area contributed by atoms with Gasteiger partial charge in [-0.2, -0.15) is 0 Å². The lowest BCUT2D eigenvalue weighted by molar-refractivity contribution is -0.135. The largest absolute Gasteiger partial charge is 0.494 e. The Morgan fingerprint density at radius 3 is 2.79 bits per heavy atom. The molecule has 0 saturated heterocycles. The summed E-state index contributed by atoms with van der Waals surface area (Å²) in [6.07, 6.45) is 8.06. The van der Waals surface area contributed by atoms with Crippen molar-refractivity contribution in [1.82, 2.24) is 4.90 Å². The first kappa shape index (κ1) is 20.6. The van der Waals surface area contributed by atoms with Gasteiger partial charge < -0.3 is 19.6 Å². The molecular formula is C22H32N2O4. The summed E-state index contributed by atoms with van der Waals surface area (Å²) in [5.74, 6) is 1.05. The van der Waals surface area contributed by atoms with Gasteiger partial charge >= 0.3 is 0 Å². The zero-order valence-electron chi connectivity index (χ0n) is 16.9. The number of nitrogens with zero attached hydrogens (tertiary/aromatic N) is 2. The molecule has 3 rings (SSSR count). The second-order valence-corrected chi connectivity index (χ2v) is 7.80. The molecule has 1 aromatic rings. The maximum Gasteiger partial charge on any atom is 0.227 e. The molecule has 0 atom stereocenters. The Labute approximate surface area is 167 Å². The standard InChI is InChI=1S/C22H32N2O4/c1-23-20-11-10-19(16-17(20)9-12-21(23)26)28-15-5-8-22(27)24(13-14-25)18-6-3-2-4-7-18/h10-11,16,18,25H,2-9,12-15H2,1H3. The molecule has 0 spiro atoms. The van der Waals surface area contributed by atoms with Crippen LogP contribution < -0.4 is 9.64 Å². The molecule has 154 valence electrons. The maximum absolute atomic E-state index is 12.6. The van der Waals surface area contributed by atoms with Crippen LogP contribution in [0.4, 0.5) is 5.69 Å². The molecule has 1 N–H and O–H groups in total. The summed E-state index contributed by atoms with van der Waals surface area (Å²) in [4.78, 5) is 28.0. The fourth-order valence-corrected chi connectivity index (χ4v) is 4.29. The number of hydrogen-bond acceptors (Lipinski definition) is 4. The van der Waals surface area contributed by atoms with Crippen LogP contribution in [0.25, 0.3) is 0 Å². The van der Waals surface area contributed by atoms with Crippen LogP contribution in [-0.2, 0) is 16.0 Å². The average molecular weight is 389 g/mol. The Morgan fingerprint density at radius 2 is 2.04 bits per heavy atom. The summed E-state index contributed by atoms with van der Waals surface area (Å²) in [7, 11) is 1.80. The topological polar surface area (TPSA) is 70.1 Å². The highest BCUT2D eigenvalue weighted by atomic mass is 16.5. The molecule has 1 aliphatic heterocycles. The fourth-order valence-electron chi connectivity index (χ4n) is 4.29. The Bertz CT molecular complexity index is 685. The van der Waals surface area contributed by atoms with Gasteiger partial charge in [0.15, 0.2) is 0 Å². The van der Waals surface area contributed by atoms with Crippen LogP contribution in [0.5, 0.6) is 5.75 Å². The van der Waals surface area contributed by atoms with Gasteiger partial charge in [-0.3, -0.25) is 9.59 Å². The van der Waals surface area contributed by atoms with Gasteiger partial charge in [0.25, 0.3) is 0 Å². The molecule has 1 fully saturated rings. The van der Waals surface area contributed by atoms with Crippen molar-refractivity contribution in [3.63, 3.8) is 0 Å². The third kappa shape index (κ3) is 5.04. The number of aryl methyl sites for hydroxylation is 1. The third-order valence-electron chi connectivity index (χ3n) is 5.88. The summed E-state index contributed by atoms with van der Waals surface area (Å²) in [5, 5.41) is 9.33. The molecule has 2 amide bonds. The van der Waals surface area contributed by atoms with Crippen LogP contribution >= 0.6 is 0 Å². The minimum absolute atomic E-state index is 0.0187. The minimum Gasteiger partial charge on any atom is -0.494 e. The Balaban J connectivity index is 1.47. The first-order valence-corrected chi connectivity index (χ1v) is 10.5. The Kier molecular flexibility index (Phi) is 7.31. The van der Waals surface area contributed by atoms with Crippen LogP contribution in [-0.4, -0.2) is 54.7 Å². The summed E-state index contributed by atoms with van der Waals surface area (Å²) in [6, 6.07) is 6.10. The van der Waals surface area contributed by atoms with Crippen molar-refractivity contribution in [3.8, 4) is 5.75 Å². The molecular weight excluding hydrogens is 356 g/mol. The number of anilines is 1. The van der Waals surface area contributed by atoms with Crippen molar-refractivity contribution in [3.05, 3.63) is 23.8 Å². The number of hydrogen-bond donors (Lipinski definition) is 1. The fraction of sp³-hybridized carbons (Fsp3) is 0.636. The van der Waals surface area contributed by atoms with Crippen LogP contribution in [0.15, 0.2) is 18.2 Å². The van der Waals surface area contributed by atoms with Gasteiger partial charge in [-0.05, 0) is 49.4 Å². The van der Waals surface area contributed by atoms with E-state index in [0.717, 1.165) is 36.3 Å². The average Bonchev–Trinajstić information content (AvgIpc) is 2.72. The van der Waals surface area contributed by atoms with E-state index in [-0.39, 0.29) is 24.5 Å². The second-order valence-electron chi connectivity index (χ2n) is 7.80.